The molecule has 0 fully saturated rings. The lowest BCUT2D eigenvalue weighted by molar-refractivity contribution is -0.113. The number of amides is 2. The van der Waals surface area contributed by atoms with Gasteiger partial charge in [-0.3, -0.25) is 9.59 Å². The van der Waals surface area contributed by atoms with E-state index < -0.39 is 5.82 Å². The molecule has 2 amide bonds. The molecule has 0 aliphatic heterocycles. The highest BCUT2D eigenvalue weighted by atomic mass is 19.1. The van der Waals surface area contributed by atoms with Crippen molar-refractivity contribution in [2.45, 2.75) is 0 Å². The van der Waals surface area contributed by atoms with Gasteiger partial charge in [-0.25, -0.2) is 14.1 Å². The van der Waals surface area contributed by atoms with E-state index in [1.165, 1.54) is 27.8 Å². The van der Waals surface area contributed by atoms with E-state index in [2.05, 4.69) is 22.0 Å². The minimum absolute atomic E-state index is 0.243. The molecule has 0 saturated heterocycles. The van der Waals surface area contributed by atoms with Gasteiger partial charge in [-0.1, -0.05) is 6.58 Å². The van der Waals surface area contributed by atoms with Gasteiger partial charge in [-0.2, -0.15) is 0 Å². The van der Waals surface area contributed by atoms with E-state index in [1.807, 2.05) is 0 Å². The smallest absolute Gasteiger partial charge is 0.256 e. The normalized spacial score (nSPS) is 10.3. The van der Waals surface area contributed by atoms with Crippen molar-refractivity contribution in [1.29, 1.82) is 0 Å². The Kier molecular flexibility index (Phi) is 5.07. The molecule has 0 atom stereocenters. The number of pyridine rings is 1. The van der Waals surface area contributed by atoms with Crippen molar-refractivity contribution in [1.82, 2.24) is 14.8 Å². The highest BCUT2D eigenvalue weighted by Gasteiger charge is 2.11. The Balaban J connectivity index is 1.69. The summed E-state index contributed by atoms with van der Waals surface area (Å²) in [5.74, 6) is -0.280. The minimum atomic E-state index is -0.441. The third-order valence-electron chi connectivity index (χ3n) is 3.80. The molecule has 3 rings (SSSR count). The summed E-state index contributed by atoms with van der Waals surface area (Å²) in [5, 5.41) is 6.86. The molecule has 0 radical (unpaired) electrons. The SMILES string of the molecule is C=CC(=O)N(C)c1ccc(C(=O)Nc2ccn(-c3ccc(F)cn3)n2)cc1. The molecule has 0 bridgehead atoms. The van der Waals surface area contributed by atoms with Gasteiger partial charge in [-0.05, 0) is 42.5 Å². The van der Waals surface area contributed by atoms with E-state index >= 15 is 0 Å². The standard InChI is InChI=1S/C19H16FN5O2/c1-3-18(26)24(2)15-7-4-13(5-8-15)19(27)22-16-10-11-25(23-16)17-9-6-14(20)12-21-17/h3-12H,1H2,2H3,(H,22,23,27). The Morgan fingerprint density at radius 3 is 2.56 bits per heavy atom. The number of likely N-dealkylation sites (N-methyl/N-ethyl adjacent to an activating group) is 1. The Hall–Kier alpha value is -3.81. The lowest BCUT2D eigenvalue weighted by atomic mass is 10.2. The van der Waals surface area contributed by atoms with E-state index in [1.54, 1.807) is 43.6 Å². The molecule has 0 aliphatic carbocycles. The van der Waals surface area contributed by atoms with Crippen LogP contribution in [0.1, 0.15) is 10.4 Å². The third kappa shape index (κ3) is 4.06. The van der Waals surface area contributed by atoms with Crippen molar-refractivity contribution in [2.24, 2.45) is 0 Å². The van der Waals surface area contributed by atoms with Crippen molar-refractivity contribution < 1.29 is 14.0 Å². The molecule has 27 heavy (non-hydrogen) atoms. The second-order valence-corrected chi connectivity index (χ2v) is 5.58. The fourth-order valence-electron chi connectivity index (χ4n) is 2.31. The summed E-state index contributed by atoms with van der Waals surface area (Å²) in [4.78, 5) is 29.3. The maximum atomic E-state index is 12.9. The number of rotatable bonds is 5. The van der Waals surface area contributed by atoms with Crippen molar-refractivity contribution in [3.63, 3.8) is 0 Å². The van der Waals surface area contributed by atoms with Gasteiger partial charge in [0.05, 0.1) is 6.20 Å². The second kappa shape index (κ2) is 7.61. The molecular weight excluding hydrogens is 349 g/mol. The molecule has 7 nitrogen and oxygen atoms in total. The third-order valence-corrected chi connectivity index (χ3v) is 3.80. The number of carbonyl (C=O) groups excluding carboxylic acids is 2. The van der Waals surface area contributed by atoms with E-state index in [0.717, 1.165) is 6.20 Å². The Morgan fingerprint density at radius 1 is 1.19 bits per heavy atom. The summed E-state index contributed by atoms with van der Waals surface area (Å²) in [6, 6.07) is 10.9. The minimum Gasteiger partial charge on any atom is -0.312 e. The summed E-state index contributed by atoms with van der Waals surface area (Å²) in [6.45, 7) is 3.44. The number of aromatic nitrogens is 3. The van der Waals surface area contributed by atoms with Crippen LogP contribution in [0, 0.1) is 5.82 Å². The van der Waals surface area contributed by atoms with Gasteiger partial charge in [0.2, 0.25) is 5.91 Å². The average Bonchev–Trinajstić information content (AvgIpc) is 3.15. The zero-order chi connectivity index (χ0) is 19.4. The number of nitrogens with zero attached hydrogens (tertiary/aromatic N) is 4. The van der Waals surface area contributed by atoms with Crippen LogP contribution in [0.3, 0.4) is 0 Å². The molecule has 0 aliphatic rings. The van der Waals surface area contributed by atoms with Gasteiger partial charge in [0, 0.05) is 30.6 Å². The van der Waals surface area contributed by atoms with Crippen LogP contribution < -0.4 is 10.2 Å². The van der Waals surface area contributed by atoms with Gasteiger partial charge < -0.3 is 10.2 Å². The summed E-state index contributed by atoms with van der Waals surface area (Å²) in [6.07, 6.45) is 3.91. The highest BCUT2D eigenvalue weighted by molar-refractivity contribution is 6.04. The highest BCUT2D eigenvalue weighted by Crippen LogP contribution is 2.16. The van der Waals surface area contributed by atoms with Gasteiger partial charge >= 0.3 is 0 Å². The molecule has 136 valence electrons. The van der Waals surface area contributed by atoms with Crippen LogP contribution in [0.25, 0.3) is 5.82 Å². The maximum absolute atomic E-state index is 12.9. The van der Waals surface area contributed by atoms with Crippen LogP contribution in [-0.2, 0) is 4.79 Å². The van der Waals surface area contributed by atoms with Crippen molar-refractivity contribution in [2.75, 3.05) is 17.3 Å². The number of halogens is 1. The maximum Gasteiger partial charge on any atom is 0.256 e. The van der Waals surface area contributed by atoms with Crippen LogP contribution in [0.5, 0.6) is 0 Å². The molecule has 1 N–H and O–H groups in total. The van der Waals surface area contributed by atoms with E-state index in [0.29, 0.717) is 22.9 Å². The average molecular weight is 365 g/mol. The van der Waals surface area contributed by atoms with Crippen molar-refractivity contribution in [3.8, 4) is 5.82 Å². The van der Waals surface area contributed by atoms with E-state index in [4.69, 9.17) is 0 Å². The van der Waals surface area contributed by atoms with Gasteiger partial charge in [-0.15, -0.1) is 5.10 Å². The summed E-state index contributed by atoms with van der Waals surface area (Å²) in [7, 11) is 1.62. The second-order valence-electron chi connectivity index (χ2n) is 5.58. The first kappa shape index (κ1) is 18.0. The van der Waals surface area contributed by atoms with Gasteiger partial charge in [0.15, 0.2) is 11.6 Å². The largest absolute Gasteiger partial charge is 0.312 e. The first-order chi connectivity index (χ1) is 13.0. The predicted molar refractivity (Wildman–Crippen MR) is 99.3 cm³/mol. The molecule has 0 unspecified atom stereocenters. The number of hydrogen-bond donors (Lipinski definition) is 1. The fourth-order valence-corrected chi connectivity index (χ4v) is 2.31. The molecule has 2 heterocycles. The van der Waals surface area contributed by atoms with Gasteiger partial charge in [0.25, 0.3) is 5.91 Å². The molecule has 8 heteroatoms. The van der Waals surface area contributed by atoms with Crippen LogP contribution in [0.2, 0.25) is 0 Å². The van der Waals surface area contributed by atoms with Crippen LogP contribution in [-0.4, -0.2) is 33.6 Å². The molecule has 0 saturated carbocycles. The predicted octanol–water partition coefficient (Wildman–Crippen LogP) is 2.81. The quantitative estimate of drug-likeness (QED) is 0.705. The summed E-state index contributed by atoms with van der Waals surface area (Å²) in [5.41, 5.74) is 1.05. The lowest BCUT2D eigenvalue weighted by Gasteiger charge is -2.15. The summed E-state index contributed by atoms with van der Waals surface area (Å²) < 4.78 is 14.4. The lowest BCUT2D eigenvalue weighted by Crippen LogP contribution is -2.23. The molecular formula is C19H16FN5O2. The monoisotopic (exact) mass is 365 g/mol. The van der Waals surface area contributed by atoms with Crippen molar-refractivity contribution in [3.05, 3.63) is 78.9 Å². The zero-order valence-corrected chi connectivity index (χ0v) is 14.5. The van der Waals surface area contributed by atoms with Crippen LogP contribution in [0.15, 0.2) is 67.5 Å². The molecule has 2 aromatic heterocycles. The molecule has 3 aromatic rings. The van der Waals surface area contributed by atoms with Gasteiger partial charge in [0.1, 0.15) is 5.82 Å². The molecule has 0 spiro atoms. The van der Waals surface area contributed by atoms with E-state index in [9.17, 15) is 14.0 Å². The van der Waals surface area contributed by atoms with Crippen LogP contribution in [0.4, 0.5) is 15.9 Å². The zero-order valence-electron chi connectivity index (χ0n) is 14.5. The van der Waals surface area contributed by atoms with Crippen molar-refractivity contribution >= 4 is 23.3 Å². The summed E-state index contributed by atoms with van der Waals surface area (Å²) >= 11 is 0. The van der Waals surface area contributed by atoms with Crippen LogP contribution >= 0.6 is 0 Å². The Labute approximate surface area is 154 Å². The number of carbonyl (C=O) groups is 2. The topological polar surface area (TPSA) is 80.1 Å². The van der Waals surface area contributed by atoms with E-state index in [-0.39, 0.29) is 11.8 Å². The first-order valence-electron chi connectivity index (χ1n) is 7.97. The molecule has 1 aromatic carbocycles. The Bertz CT molecular complexity index is 980. The number of hydrogen-bond acceptors (Lipinski definition) is 4. The number of nitrogens with one attached hydrogen (secondary N) is 1. The number of anilines is 2. The first-order valence-corrected chi connectivity index (χ1v) is 7.97. The fraction of sp³-hybridized carbons (Fsp3) is 0.0526. The number of benzene rings is 1. The Morgan fingerprint density at radius 2 is 1.93 bits per heavy atom.